The number of ether oxygens (including phenoxy) is 2. The van der Waals surface area contributed by atoms with E-state index < -0.39 is 10.0 Å². The number of hydrogen-bond acceptors (Lipinski definition) is 6. The Hall–Kier alpha value is -2.81. The number of rotatable bonds is 3. The van der Waals surface area contributed by atoms with Gasteiger partial charge in [-0.1, -0.05) is 0 Å². The second-order valence-corrected chi connectivity index (χ2v) is 6.30. The lowest BCUT2D eigenvalue weighted by atomic mass is 10.3. The van der Waals surface area contributed by atoms with Crippen molar-refractivity contribution in [1.29, 1.82) is 0 Å². The predicted molar refractivity (Wildman–Crippen MR) is 77.3 cm³/mol. The van der Waals surface area contributed by atoms with E-state index >= 15 is 0 Å². The molecule has 112 valence electrons. The average molecular weight is 318 g/mol. The van der Waals surface area contributed by atoms with Crippen LogP contribution >= 0.6 is 0 Å². The summed E-state index contributed by atoms with van der Waals surface area (Å²) in [6.45, 7) is 0.0900. The van der Waals surface area contributed by atoms with Crippen LogP contribution in [0.25, 0.3) is 11.2 Å². The lowest BCUT2D eigenvalue weighted by Gasteiger charge is -2.08. The van der Waals surface area contributed by atoms with E-state index in [1.807, 2.05) is 0 Å². The highest BCUT2D eigenvalue weighted by atomic mass is 32.2. The van der Waals surface area contributed by atoms with E-state index in [0.717, 1.165) is 0 Å². The number of imidazole rings is 1. The first kappa shape index (κ1) is 12.9. The van der Waals surface area contributed by atoms with Crippen LogP contribution in [0.3, 0.4) is 0 Å². The van der Waals surface area contributed by atoms with Gasteiger partial charge in [-0.05, 0) is 18.2 Å². The molecule has 22 heavy (non-hydrogen) atoms. The Morgan fingerprint density at radius 3 is 2.91 bits per heavy atom. The lowest BCUT2D eigenvalue weighted by Crippen LogP contribution is -2.13. The Morgan fingerprint density at radius 2 is 2.00 bits per heavy atom. The number of pyridine rings is 1. The summed E-state index contributed by atoms with van der Waals surface area (Å²) >= 11 is 0. The van der Waals surface area contributed by atoms with Crippen LogP contribution in [0.15, 0.2) is 41.7 Å². The predicted octanol–water partition coefficient (Wildman–Crippen LogP) is 1.49. The van der Waals surface area contributed by atoms with Gasteiger partial charge >= 0.3 is 0 Å². The fourth-order valence-electron chi connectivity index (χ4n) is 2.14. The van der Waals surface area contributed by atoms with Crippen LogP contribution in [0.1, 0.15) is 0 Å². The van der Waals surface area contributed by atoms with E-state index in [-0.39, 0.29) is 11.7 Å². The molecule has 0 fully saturated rings. The van der Waals surface area contributed by atoms with E-state index in [2.05, 4.69) is 19.7 Å². The molecule has 4 rings (SSSR count). The van der Waals surface area contributed by atoms with Crippen molar-refractivity contribution >= 4 is 26.9 Å². The van der Waals surface area contributed by atoms with Gasteiger partial charge in [0, 0.05) is 6.07 Å². The van der Waals surface area contributed by atoms with Gasteiger partial charge in [0.1, 0.15) is 0 Å². The molecule has 8 nitrogen and oxygen atoms in total. The van der Waals surface area contributed by atoms with Gasteiger partial charge < -0.3 is 14.5 Å². The summed E-state index contributed by atoms with van der Waals surface area (Å²) < 4.78 is 37.7. The van der Waals surface area contributed by atoms with Gasteiger partial charge in [-0.3, -0.25) is 4.72 Å². The van der Waals surface area contributed by atoms with Gasteiger partial charge in [-0.25, -0.2) is 18.4 Å². The number of hydrogen-bond donors (Lipinski definition) is 2. The van der Waals surface area contributed by atoms with E-state index in [9.17, 15) is 8.42 Å². The summed E-state index contributed by atoms with van der Waals surface area (Å²) in [7, 11) is -3.75. The van der Waals surface area contributed by atoms with Crippen LogP contribution in [0, 0.1) is 0 Å². The average Bonchev–Trinajstić information content (AvgIpc) is 3.14. The Balaban J connectivity index is 1.68. The van der Waals surface area contributed by atoms with Crippen LogP contribution in [0.5, 0.6) is 11.5 Å². The van der Waals surface area contributed by atoms with Crippen LogP contribution in [0.4, 0.5) is 5.69 Å². The monoisotopic (exact) mass is 318 g/mol. The molecule has 0 bridgehead atoms. The van der Waals surface area contributed by atoms with Crippen molar-refractivity contribution < 1.29 is 17.9 Å². The normalized spacial score (nSPS) is 13.5. The summed E-state index contributed by atoms with van der Waals surface area (Å²) in [6, 6.07) is 6.07. The van der Waals surface area contributed by atoms with Gasteiger partial charge in [0.05, 0.1) is 28.6 Å². The molecule has 1 aliphatic heterocycles. The maximum absolute atomic E-state index is 12.4. The largest absolute Gasteiger partial charge is 0.454 e. The topological polar surface area (TPSA) is 106 Å². The van der Waals surface area contributed by atoms with Gasteiger partial charge in [0.25, 0.3) is 10.0 Å². The molecule has 0 aliphatic carbocycles. The van der Waals surface area contributed by atoms with Gasteiger partial charge in [-0.15, -0.1) is 0 Å². The van der Waals surface area contributed by atoms with E-state index in [0.29, 0.717) is 28.4 Å². The number of anilines is 1. The molecule has 9 heteroatoms. The first-order valence-electron chi connectivity index (χ1n) is 6.33. The number of fused-ring (bicyclic) bond motifs is 2. The number of sulfonamides is 1. The second kappa shape index (κ2) is 4.60. The third kappa shape index (κ3) is 2.11. The molecule has 3 aromatic rings. The molecule has 2 N–H and O–H groups in total. The van der Waals surface area contributed by atoms with Crippen molar-refractivity contribution in [3.05, 3.63) is 36.8 Å². The minimum Gasteiger partial charge on any atom is -0.454 e. The van der Waals surface area contributed by atoms with Gasteiger partial charge in [0.2, 0.25) is 6.79 Å². The SMILES string of the molecule is O=S(=O)(Nc1cnc2nc[nH]c2c1)c1ccc2c(c1)OCO2. The van der Waals surface area contributed by atoms with Crippen molar-refractivity contribution in [3.63, 3.8) is 0 Å². The van der Waals surface area contributed by atoms with Crippen LogP contribution in [0.2, 0.25) is 0 Å². The van der Waals surface area contributed by atoms with Gasteiger partial charge in [0.15, 0.2) is 17.1 Å². The molecule has 3 heterocycles. The number of aromatic amines is 1. The molecule has 0 spiro atoms. The first-order valence-corrected chi connectivity index (χ1v) is 7.82. The lowest BCUT2D eigenvalue weighted by molar-refractivity contribution is 0.174. The van der Waals surface area contributed by atoms with Crippen LogP contribution < -0.4 is 14.2 Å². The zero-order chi connectivity index (χ0) is 15.2. The van der Waals surface area contributed by atoms with Crippen LogP contribution in [-0.2, 0) is 10.0 Å². The molecular formula is C13H10N4O4S. The number of H-pyrrole nitrogens is 1. The Kier molecular flexibility index (Phi) is 2.70. The number of nitrogens with zero attached hydrogens (tertiary/aromatic N) is 2. The third-order valence-corrected chi connectivity index (χ3v) is 4.56. The summed E-state index contributed by atoms with van der Waals surface area (Å²) in [5.41, 5.74) is 1.51. The summed E-state index contributed by atoms with van der Waals surface area (Å²) in [4.78, 5) is 11.0. The molecule has 0 radical (unpaired) electrons. The Labute approximate surface area is 125 Å². The summed E-state index contributed by atoms with van der Waals surface area (Å²) in [5, 5.41) is 0. The maximum atomic E-state index is 12.4. The maximum Gasteiger partial charge on any atom is 0.262 e. The first-order chi connectivity index (χ1) is 10.6. The van der Waals surface area contributed by atoms with Crippen molar-refractivity contribution in [2.24, 2.45) is 0 Å². The Bertz CT molecular complexity index is 967. The quantitative estimate of drug-likeness (QED) is 0.758. The third-order valence-electron chi connectivity index (χ3n) is 3.18. The highest BCUT2D eigenvalue weighted by Gasteiger charge is 2.20. The highest BCUT2D eigenvalue weighted by Crippen LogP contribution is 2.34. The summed E-state index contributed by atoms with van der Waals surface area (Å²) in [5.74, 6) is 0.935. The summed E-state index contributed by atoms with van der Waals surface area (Å²) in [6.07, 6.45) is 2.90. The van der Waals surface area contributed by atoms with E-state index in [1.54, 1.807) is 12.1 Å². The molecule has 0 saturated heterocycles. The number of benzene rings is 1. The van der Waals surface area contributed by atoms with Crippen molar-refractivity contribution in [1.82, 2.24) is 15.0 Å². The Morgan fingerprint density at radius 1 is 1.14 bits per heavy atom. The second-order valence-electron chi connectivity index (χ2n) is 4.62. The smallest absolute Gasteiger partial charge is 0.262 e. The number of nitrogens with one attached hydrogen (secondary N) is 2. The minimum atomic E-state index is -3.75. The van der Waals surface area contributed by atoms with Gasteiger partial charge in [-0.2, -0.15) is 0 Å². The number of aromatic nitrogens is 3. The molecule has 0 saturated carbocycles. The minimum absolute atomic E-state index is 0.0847. The zero-order valence-electron chi connectivity index (χ0n) is 11.1. The van der Waals surface area contributed by atoms with E-state index in [4.69, 9.17) is 9.47 Å². The highest BCUT2D eigenvalue weighted by molar-refractivity contribution is 7.92. The standard InChI is InChI=1S/C13H10N4O4S/c18-22(19,9-1-2-11-12(4-9)21-7-20-11)17-8-3-10-13(14-5-8)16-6-15-10/h1-6,17H,7H2,(H,14,15,16). The molecule has 2 aromatic heterocycles. The molecule has 1 aromatic carbocycles. The fraction of sp³-hybridized carbons (Fsp3) is 0.0769. The van der Waals surface area contributed by atoms with E-state index in [1.165, 1.54) is 24.7 Å². The molecule has 1 aliphatic rings. The van der Waals surface area contributed by atoms with Crippen LogP contribution in [-0.4, -0.2) is 30.2 Å². The zero-order valence-corrected chi connectivity index (χ0v) is 11.9. The fourth-order valence-corrected chi connectivity index (χ4v) is 3.19. The molecule has 0 unspecified atom stereocenters. The molecule has 0 atom stereocenters. The molecule has 0 amide bonds. The molecular weight excluding hydrogens is 308 g/mol. The van der Waals surface area contributed by atoms with Crippen molar-refractivity contribution in [2.45, 2.75) is 4.90 Å². The van der Waals surface area contributed by atoms with Crippen molar-refractivity contribution in [3.8, 4) is 11.5 Å². The van der Waals surface area contributed by atoms with Crippen molar-refractivity contribution in [2.75, 3.05) is 11.5 Å².